The first kappa shape index (κ1) is 15.1. The number of amides is 1. The first-order valence-electron chi connectivity index (χ1n) is 7.51. The fraction of sp³-hybridized carbons (Fsp3) is 0.375. The van der Waals surface area contributed by atoms with Crippen LogP contribution >= 0.6 is 11.3 Å². The minimum atomic E-state index is -0.0192. The highest BCUT2D eigenvalue weighted by Gasteiger charge is 2.13. The topological polar surface area (TPSA) is 57.3 Å². The Morgan fingerprint density at radius 1 is 1.27 bits per heavy atom. The zero-order valence-corrected chi connectivity index (χ0v) is 13.2. The summed E-state index contributed by atoms with van der Waals surface area (Å²) in [6.07, 6.45) is 0.334. The van der Waals surface area contributed by atoms with E-state index in [1.165, 1.54) is 0 Å². The third kappa shape index (κ3) is 4.37. The number of para-hydroxylation sites is 1. The standard InChI is InChI=1S/C16H20N4OS/c21-15(18-13-4-2-1-3-5-13)10-16-19-14(12-22-16)11-20-8-6-17-7-9-20/h1-5,12,17H,6-11H2,(H,18,21). The number of aromatic nitrogens is 1. The van der Waals surface area contributed by atoms with Gasteiger partial charge in [0.2, 0.25) is 5.91 Å². The summed E-state index contributed by atoms with van der Waals surface area (Å²) in [6, 6.07) is 9.51. The van der Waals surface area contributed by atoms with Crippen LogP contribution in [0, 0.1) is 0 Å². The van der Waals surface area contributed by atoms with E-state index in [2.05, 4.69) is 25.9 Å². The lowest BCUT2D eigenvalue weighted by Gasteiger charge is -2.26. The van der Waals surface area contributed by atoms with Crippen molar-refractivity contribution in [3.8, 4) is 0 Å². The van der Waals surface area contributed by atoms with Gasteiger partial charge in [-0.1, -0.05) is 18.2 Å². The van der Waals surface area contributed by atoms with Crippen LogP contribution in [0.3, 0.4) is 0 Å². The number of piperazine rings is 1. The van der Waals surface area contributed by atoms with Crippen molar-refractivity contribution in [3.63, 3.8) is 0 Å². The molecule has 116 valence electrons. The van der Waals surface area contributed by atoms with E-state index in [4.69, 9.17) is 0 Å². The van der Waals surface area contributed by atoms with Crippen molar-refractivity contribution in [1.29, 1.82) is 0 Å². The van der Waals surface area contributed by atoms with Gasteiger partial charge in [0.1, 0.15) is 5.01 Å². The van der Waals surface area contributed by atoms with Crippen LogP contribution in [0.15, 0.2) is 35.7 Å². The van der Waals surface area contributed by atoms with Crippen LogP contribution in [-0.4, -0.2) is 42.0 Å². The Balaban J connectivity index is 1.51. The van der Waals surface area contributed by atoms with Crippen molar-refractivity contribution < 1.29 is 4.79 Å². The predicted molar refractivity (Wildman–Crippen MR) is 89.0 cm³/mol. The highest BCUT2D eigenvalue weighted by Crippen LogP contribution is 2.14. The first-order chi connectivity index (χ1) is 10.8. The van der Waals surface area contributed by atoms with Crippen LogP contribution in [0.5, 0.6) is 0 Å². The van der Waals surface area contributed by atoms with Crippen molar-refractivity contribution in [1.82, 2.24) is 15.2 Å². The van der Waals surface area contributed by atoms with Crippen LogP contribution < -0.4 is 10.6 Å². The van der Waals surface area contributed by atoms with Gasteiger partial charge in [-0.2, -0.15) is 0 Å². The molecule has 1 aliphatic heterocycles. The number of rotatable bonds is 5. The van der Waals surface area contributed by atoms with Crippen LogP contribution in [0.25, 0.3) is 0 Å². The minimum Gasteiger partial charge on any atom is -0.326 e. The van der Waals surface area contributed by atoms with Crippen molar-refractivity contribution in [2.75, 3.05) is 31.5 Å². The molecule has 22 heavy (non-hydrogen) atoms. The van der Waals surface area contributed by atoms with Crippen molar-refractivity contribution in [2.24, 2.45) is 0 Å². The van der Waals surface area contributed by atoms with Gasteiger partial charge in [0.15, 0.2) is 0 Å². The summed E-state index contributed by atoms with van der Waals surface area (Å²) >= 11 is 1.56. The molecule has 1 fully saturated rings. The molecule has 0 unspecified atom stereocenters. The number of thiazole rings is 1. The highest BCUT2D eigenvalue weighted by atomic mass is 32.1. The second-order valence-electron chi connectivity index (χ2n) is 5.35. The molecule has 3 rings (SSSR count). The average molecular weight is 316 g/mol. The Morgan fingerprint density at radius 3 is 2.82 bits per heavy atom. The smallest absolute Gasteiger partial charge is 0.231 e. The quantitative estimate of drug-likeness (QED) is 0.882. The molecule has 1 aliphatic rings. The van der Waals surface area contributed by atoms with E-state index in [0.717, 1.165) is 49.1 Å². The fourth-order valence-corrected chi connectivity index (χ4v) is 3.25. The SMILES string of the molecule is O=C(Cc1nc(CN2CCNCC2)cs1)Nc1ccccc1. The molecule has 2 aromatic rings. The lowest BCUT2D eigenvalue weighted by Crippen LogP contribution is -2.42. The molecule has 0 spiro atoms. The van der Waals surface area contributed by atoms with Crippen LogP contribution in [0.1, 0.15) is 10.7 Å². The maximum absolute atomic E-state index is 12.0. The Kier molecular flexibility index (Phi) is 5.15. The Morgan fingerprint density at radius 2 is 2.05 bits per heavy atom. The van der Waals surface area contributed by atoms with Gasteiger partial charge < -0.3 is 10.6 Å². The minimum absolute atomic E-state index is 0.0192. The summed E-state index contributed by atoms with van der Waals surface area (Å²) in [5.74, 6) is -0.0192. The number of nitrogens with one attached hydrogen (secondary N) is 2. The molecule has 0 saturated carbocycles. The van der Waals surface area contributed by atoms with Crippen LogP contribution in [0.4, 0.5) is 5.69 Å². The van der Waals surface area contributed by atoms with Gasteiger partial charge >= 0.3 is 0 Å². The molecular formula is C16H20N4OS. The Hall–Kier alpha value is -1.76. The predicted octanol–water partition coefficient (Wildman–Crippen LogP) is 1.73. The van der Waals surface area contributed by atoms with Crippen LogP contribution in [0.2, 0.25) is 0 Å². The number of nitrogens with zero attached hydrogens (tertiary/aromatic N) is 2. The van der Waals surface area contributed by atoms with Gasteiger partial charge in [-0.25, -0.2) is 4.98 Å². The number of anilines is 1. The van der Waals surface area contributed by atoms with Crippen molar-refractivity contribution in [2.45, 2.75) is 13.0 Å². The summed E-state index contributed by atoms with van der Waals surface area (Å²) in [5, 5.41) is 9.17. The van der Waals surface area contributed by atoms with E-state index in [1.807, 2.05) is 30.3 Å². The monoisotopic (exact) mass is 316 g/mol. The molecule has 5 nitrogen and oxygen atoms in total. The molecule has 2 N–H and O–H groups in total. The molecule has 0 aliphatic carbocycles. The zero-order valence-electron chi connectivity index (χ0n) is 12.4. The Labute approximate surface area is 134 Å². The van der Waals surface area contributed by atoms with E-state index < -0.39 is 0 Å². The van der Waals surface area contributed by atoms with Gasteiger partial charge in [-0.3, -0.25) is 9.69 Å². The maximum atomic E-state index is 12.0. The molecule has 6 heteroatoms. The van der Waals surface area contributed by atoms with Crippen molar-refractivity contribution in [3.05, 3.63) is 46.4 Å². The van der Waals surface area contributed by atoms with Gasteiger partial charge in [-0.05, 0) is 12.1 Å². The molecule has 0 atom stereocenters. The summed E-state index contributed by atoms with van der Waals surface area (Å²) < 4.78 is 0. The van der Waals surface area contributed by atoms with E-state index in [-0.39, 0.29) is 5.91 Å². The average Bonchev–Trinajstić information content (AvgIpc) is 2.96. The van der Waals surface area contributed by atoms with E-state index >= 15 is 0 Å². The van der Waals surface area contributed by atoms with Crippen molar-refractivity contribution >= 4 is 22.9 Å². The number of benzene rings is 1. The van der Waals surface area contributed by atoms with Crippen LogP contribution in [-0.2, 0) is 17.8 Å². The molecule has 2 heterocycles. The maximum Gasteiger partial charge on any atom is 0.231 e. The van der Waals surface area contributed by atoms with E-state index in [1.54, 1.807) is 11.3 Å². The van der Waals surface area contributed by atoms with Gasteiger partial charge in [0, 0.05) is 43.8 Å². The lowest BCUT2D eigenvalue weighted by atomic mass is 10.3. The van der Waals surface area contributed by atoms with Gasteiger partial charge in [0.05, 0.1) is 12.1 Å². The normalized spacial score (nSPS) is 15.6. The second-order valence-corrected chi connectivity index (χ2v) is 6.29. The largest absolute Gasteiger partial charge is 0.326 e. The Bertz CT molecular complexity index is 608. The molecular weight excluding hydrogens is 296 g/mol. The van der Waals surface area contributed by atoms with E-state index in [0.29, 0.717) is 6.42 Å². The molecule has 1 saturated heterocycles. The summed E-state index contributed by atoms with van der Waals surface area (Å²) in [4.78, 5) is 19.0. The molecule has 0 bridgehead atoms. The lowest BCUT2D eigenvalue weighted by molar-refractivity contribution is -0.115. The third-order valence-corrected chi connectivity index (χ3v) is 4.46. The summed E-state index contributed by atoms with van der Waals surface area (Å²) in [5.41, 5.74) is 1.89. The van der Waals surface area contributed by atoms with E-state index in [9.17, 15) is 4.79 Å². The number of carbonyl (C=O) groups excluding carboxylic acids is 1. The first-order valence-corrected chi connectivity index (χ1v) is 8.39. The number of carbonyl (C=O) groups is 1. The molecule has 1 aromatic carbocycles. The van der Waals surface area contributed by atoms with Gasteiger partial charge in [-0.15, -0.1) is 11.3 Å². The number of hydrogen-bond acceptors (Lipinski definition) is 5. The molecule has 0 radical (unpaired) electrons. The molecule has 1 amide bonds. The van der Waals surface area contributed by atoms with Gasteiger partial charge in [0.25, 0.3) is 0 Å². The molecule has 1 aromatic heterocycles. The number of hydrogen-bond donors (Lipinski definition) is 2. The fourth-order valence-electron chi connectivity index (χ4n) is 2.47. The second kappa shape index (κ2) is 7.49. The zero-order chi connectivity index (χ0) is 15.2. The highest BCUT2D eigenvalue weighted by molar-refractivity contribution is 7.09. The third-order valence-electron chi connectivity index (χ3n) is 3.56. The summed E-state index contributed by atoms with van der Waals surface area (Å²) in [7, 11) is 0. The summed E-state index contributed by atoms with van der Waals surface area (Å²) in [6.45, 7) is 5.06.